The molecule has 0 unspecified atom stereocenters. The molecule has 1 fully saturated rings. The van der Waals surface area contributed by atoms with Crippen molar-refractivity contribution in [1.82, 2.24) is 4.90 Å². The van der Waals surface area contributed by atoms with E-state index in [9.17, 15) is 4.79 Å². The molecule has 1 aliphatic heterocycles. The van der Waals surface area contributed by atoms with Gasteiger partial charge >= 0.3 is 35.5 Å². The summed E-state index contributed by atoms with van der Waals surface area (Å²) in [6.45, 7) is 2.88. The van der Waals surface area contributed by atoms with Gasteiger partial charge in [-0.25, -0.2) is 4.79 Å². The Hall–Kier alpha value is 0.770. The van der Waals surface area contributed by atoms with Gasteiger partial charge in [-0.1, -0.05) is 11.6 Å². The van der Waals surface area contributed by atoms with Gasteiger partial charge in [0.1, 0.15) is 4.88 Å². The zero-order valence-electron chi connectivity index (χ0n) is 9.61. The van der Waals surface area contributed by atoms with E-state index in [1.807, 2.05) is 17.1 Å². The molecule has 0 aromatic carbocycles. The summed E-state index contributed by atoms with van der Waals surface area (Å²) in [5.74, 6) is 1.36. The van der Waals surface area contributed by atoms with E-state index in [4.69, 9.17) is 16.7 Å². The van der Waals surface area contributed by atoms with Crippen molar-refractivity contribution in [1.29, 1.82) is 0 Å². The fourth-order valence-corrected chi connectivity index (χ4v) is 3.79. The minimum Gasteiger partial charge on any atom is -0.477 e. The third-order valence-corrected chi connectivity index (χ3v) is 5.00. The zero-order valence-corrected chi connectivity index (χ0v) is 14.0. The van der Waals surface area contributed by atoms with E-state index in [1.54, 1.807) is 0 Å². The summed E-state index contributed by atoms with van der Waals surface area (Å²) in [7, 11) is 0. The van der Waals surface area contributed by atoms with E-state index in [2.05, 4.69) is 4.90 Å². The first-order valence-electron chi connectivity index (χ1n) is 4.97. The molecule has 0 radical (unpaired) electrons. The first-order chi connectivity index (χ1) is 7.68. The fourth-order valence-electron chi connectivity index (χ4n) is 1.63. The van der Waals surface area contributed by atoms with Gasteiger partial charge in [0, 0.05) is 31.1 Å². The minimum atomic E-state index is -0.935. The summed E-state index contributed by atoms with van der Waals surface area (Å²) >= 11 is 9.20. The van der Waals surface area contributed by atoms with E-state index in [1.165, 1.54) is 11.3 Å². The first-order valence-corrected chi connectivity index (χ1v) is 7.39. The molecule has 3 nitrogen and oxygen atoms in total. The molecule has 1 aliphatic rings. The van der Waals surface area contributed by atoms with Crippen LogP contribution >= 0.6 is 34.7 Å². The molecule has 88 valence electrons. The normalized spacial score (nSPS) is 16.5. The molecule has 2 heterocycles. The molecule has 0 atom stereocenters. The van der Waals surface area contributed by atoms with E-state index in [0.717, 1.165) is 36.7 Å². The number of carboxylic acids is 1. The van der Waals surface area contributed by atoms with Gasteiger partial charge in [0.2, 0.25) is 0 Å². The van der Waals surface area contributed by atoms with E-state index in [0.29, 0.717) is 5.02 Å². The van der Waals surface area contributed by atoms with Gasteiger partial charge in [-0.3, -0.25) is 4.90 Å². The van der Waals surface area contributed by atoms with E-state index in [-0.39, 0.29) is 34.4 Å². The molecule has 0 saturated carbocycles. The fraction of sp³-hybridized carbons (Fsp3) is 0.500. The molecule has 1 saturated heterocycles. The van der Waals surface area contributed by atoms with Crippen molar-refractivity contribution in [2.45, 2.75) is 6.54 Å². The number of carboxylic acid groups (broad SMARTS) is 1. The SMILES string of the molecule is O=C(O)c1scc(CN2CCSCC2)c1Cl.[Na+]. The maximum atomic E-state index is 10.8. The molecule has 2 rings (SSSR count). The predicted molar refractivity (Wildman–Crippen MR) is 68.9 cm³/mol. The van der Waals surface area contributed by atoms with Crippen molar-refractivity contribution in [3.63, 3.8) is 0 Å². The Morgan fingerprint density at radius 3 is 2.65 bits per heavy atom. The number of halogens is 1. The Balaban J connectivity index is 0.00000144. The van der Waals surface area contributed by atoms with Gasteiger partial charge in [-0.15, -0.1) is 11.3 Å². The van der Waals surface area contributed by atoms with E-state index >= 15 is 0 Å². The second-order valence-corrected chi connectivity index (χ2v) is 6.08. The van der Waals surface area contributed by atoms with Gasteiger partial charge in [-0.05, 0) is 10.9 Å². The van der Waals surface area contributed by atoms with E-state index < -0.39 is 5.97 Å². The Morgan fingerprint density at radius 1 is 1.47 bits per heavy atom. The van der Waals surface area contributed by atoms with Gasteiger partial charge in [-0.2, -0.15) is 11.8 Å². The number of aromatic carboxylic acids is 1. The molecule has 1 aromatic heterocycles. The van der Waals surface area contributed by atoms with Crippen molar-refractivity contribution < 1.29 is 39.5 Å². The number of thiophene rings is 1. The Kier molecular flexibility index (Phi) is 6.87. The average Bonchev–Trinajstić information content (AvgIpc) is 2.62. The third-order valence-electron chi connectivity index (χ3n) is 2.49. The summed E-state index contributed by atoms with van der Waals surface area (Å²) in [6, 6.07) is 0. The topological polar surface area (TPSA) is 40.5 Å². The number of rotatable bonds is 3. The minimum absolute atomic E-state index is 0. The van der Waals surface area contributed by atoms with Crippen LogP contribution in [0.2, 0.25) is 5.02 Å². The van der Waals surface area contributed by atoms with Crippen molar-refractivity contribution in [2.24, 2.45) is 0 Å². The monoisotopic (exact) mass is 300 g/mol. The molecule has 0 amide bonds. The molecule has 7 heteroatoms. The van der Waals surface area contributed by atoms with Crippen LogP contribution in [0.3, 0.4) is 0 Å². The number of hydrogen-bond donors (Lipinski definition) is 1. The third kappa shape index (κ3) is 4.13. The van der Waals surface area contributed by atoms with Crippen LogP contribution in [0.15, 0.2) is 5.38 Å². The average molecular weight is 301 g/mol. The molecule has 1 aromatic rings. The van der Waals surface area contributed by atoms with Crippen molar-refractivity contribution in [3.8, 4) is 0 Å². The zero-order chi connectivity index (χ0) is 11.5. The van der Waals surface area contributed by atoms with Crippen molar-refractivity contribution in [2.75, 3.05) is 24.6 Å². The molecule has 17 heavy (non-hydrogen) atoms. The summed E-state index contributed by atoms with van der Waals surface area (Å²) in [5.41, 5.74) is 0.941. The Labute approximate surface area is 136 Å². The number of carbonyl (C=O) groups is 1. The van der Waals surface area contributed by atoms with Gasteiger partial charge < -0.3 is 5.11 Å². The molecule has 0 aliphatic carbocycles. The van der Waals surface area contributed by atoms with Crippen LogP contribution in [0.25, 0.3) is 0 Å². The molecule has 0 spiro atoms. The molecule has 1 N–H and O–H groups in total. The summed E-state index contributed by atoms with van der Waals surface area (Å²) in [5, 5.41) is 11.2. The summed E-state index contributed by atoms with van der Waals surface area (Å²) < 4.78 is 0. The van der Waals surface area contributed by atoms with Gasteiger partial charge in [0.05, 0.1) is 5.02 Å². The number of hydrogen-bond acceptors (Lipinski definition) is 4. The second kappa shape index (κ2) is 7.38. The number of thioether (sulfide) groups is 1. The smallest absolute Gasteiger partial charge is 0.477 e. The summed E-state index contributed by atoms with van der Waals surface area (Å²) in [4.78, 5) is 13.4. The van der Waals surface area contributed by atoms with Crippen LogP contribution in [0.4, 0.5) is 0 Å². The summed E-state index contributed by atoms with van der Waals surface area (Å²) in [6.07, 6.45) is 0. The first kappa shape index (κ1) is 15.8. The van der Waals surface area contributed by atoms with Crippen LogP contribution in [0.1, 0.15) is 15.2 Å². The van der Waals surface area contributed by atoms with Gasteiger partial charge in [0.25, 0.3) is 0 Å². The maximum absolute atomic E-state index is 10.8. The second-order valence-electron chi connectivity index (χ2n) is 3.60. The van der Waals surface area contributed by atoms with Crippen LogP contribution in [-0.2, 0) is 6.54 Å². The van der Waals surface area contributed by atoms with Crippen molar-refractivity contribution in [3.05, 3.63) is 20.8 Å². The van der Waals surface area contributed by atoms with Crippen LogP contribution in [0, 0.1) is 0 Å². The quantitative estimate of drug-likeness (QED) is 0.775. The predicted octanol–water partition coefficient (Wildman–Crippen LogP) is -0.347. The maximum Gasteiger partial charge on any atom is 1.00 e. The largest absolute Gasteiger partial charge is 1.00 e. The van der Waals surface area contributed by atoms with Crippen molar-refractivity contribution >= 4 is 40.7 Å². The number of nitrogens with zero attached hydrogens (tertiary/aromatic N) is 1. The van der Waals surface area contributed by atoms with Crippen LogP contribution in [0.5, 0.6) is 0 Å². The van der Waals surface area contributed by atoms with Crippen LogP contribution < -0.4 is 29.6 Å². The van der Waals surface area contributed by atoms with Crippen LogP contribution in [-0.4, -0.2) is 40.6 Å². The Morgan fingerprint density at radius 2 is 2.12 bits per heavy atom. The standard InChI is InChI=1S/C10H12ClNO2S2.Na/c11-8-7(6-16-9(8)10(13)14)5-12-1-3-15-4-2-12;/h6H,1-5H2,(H,13,14);/q;+1. The van der Waals surface area contributed by atoms with Gasteiger partial charge in [0.15, 0.2) is 0 Å². The molecular formula is C10H12ClNNaO2S2+. The molecular weight excluding hydrogens is 289 g/mol. The Bertz CT molecular complexity index is 394. The molecule has 0 bridgehead atoms.